The summed E-state index contributed by atoms with van der Waals surface area (Å²) in [5.74, 6) is 0.488. The van der Waals surface area contributed by atoms with Crippen LogP contribution >= 0.6 is 0 Å². The van der Waals surface area contributed by atoms with Crippen LogP contribution in [0.3, 0.4) is 0 Å². The average molecular weight is 233 g/mol. The van der Waals surface area contributed by atoms with Crippen molar-refractivity contribution in [3.05, 3.63) is 36.2 Å². The molecule has 0 aliphatic rings. The molecule has 0 aliphatic carbocycles. The van der Waals surface area contributed by atoms with Gasteiger partial charge in [-0.15, -0.1) is 6.58 Å². The van der Waals surface area contributed by atoms with Crippen molar-refractivity contribution < 1.29 is 13.9 Å². The van der Waals surface area contributed by atoms with Crippen LogP contribution in [0, 0.1) is 6.92 Å². The predicted octanol–water partition coefficient (Wildman–Crippen LogP) is 2.91. The van der Waals surface area contributed by atoms with Gasteiger partial charge in [-0.1, -0.05) is 6.08 Å². The summed E-state index contributed by atoms with van der Waals surface area (Å²) < 4.78 is 12.4. The number of carbonyl (C=O) groups excluding carboxylic acids is 1. The first-order valence-electron chi connectivity index (χ1n) is 5.55. The molecule has 0 amide bonds. The maximum Gasteiger partial charge on any atom is 0.355 e. The van der Waals surface area contributed by atoms with Crippen LogP contribution in [0.4, 0.5) is 0 Å². The molecule has 0 N–H and O–H groups in total. The van der Waals surface area contributed by atoms with Crippen molar-refractivity contribution in [2.45, 2.75) is 20.4 Å². The van der Waals surface area contributed by atoms with Crippen LogP contribution in [0.1, 0.15) is 23.2 Å². The van der Waals surface area contributed by atoms with E-state index in [9.17, 15) is 4.79 Å². The molecule has 0 saturated heterocycles. The van der Waals surface area contributed by atoms with E-state index < -0.39 is 0 Å². The normalized spacial score (nSPS) is 10.7. The minimum absolute atomic E-state index is 0.335. The summed E-state index contributed by atoms with van der Waals surface area (Å²) in [6.07, 6.45) is 1.74. The second-order valence-electron chi connectivity index (χ2n) is 3.76. The molecule has 4 nitrogen and oxygen atoms in total. The number of fused-ring (bicyclic) bond motifs is 1. The molecule has 2 aromatic heterocycles. The van der Waals surface area contributed by atoms with Crippen LogP contribution in [-0.4, -0.2) is 17.1 Å². The van der Waals surface area contributed by atoms with E-state index in [0.717, 1.165) is 11.3 Å². The second kappa shape index (κ2) is 4.49. The first kappa shape index (κ1) is 11.5. The maximum atomic E-state index is 11.8. The van der Waals surface area contributed by atoms with Gasteiger partial charge < -0.3 is 13.7 Å². The van der Waals surface area contributed by atoms with Crippen LogP contribution < -0.4 is 0 Å². The number of hydrogen-bond acceptors (Lipinski definition) is 3. The first-order chi connectivity index (χ1) is 8.17. The number of nitrogens with zero attached hydrogens (tertiary/aromatic N) is 1. The molecule has 2 heterocycles. The monoisotopic (exact) mass is 233 g/mol. The standard InChI is InChI=1S/C13H15NO3/c1-4-6-14-10-7-9(3)17-12(10)8-11(14)13(15)16-5-2/h4,7-8H,1,5-6H2,2-3H3. The Hall–Kier alpha value is -1.97. The Kier molecular flexibility index (Phi) is 3.04. The molecule has 2 aromatic rings. The summed E-state index contributed by atoms with van der Waals surface area (Å²) in [6.45, 7) is 8.27. The topological polar surface area (TPSA) is 44.4 Å². The number of esters is 1. The van der Waals surface area contributed by atoms with Crippen molar-refractivity contribution in [1.29, 1.82) is 0 Å². The molecular weight excluding hydrogens is 218 g/mol. The van der Waals surface area contributed by atoms with Crippen LogP contribution in [0.25, 0.3) is 11.1 Å². The highest BCUT2D eigenvalue weighted by Crippen LogP contribution is 2.24. The molecular formula is C13H15NO3. The molecule has 90 valence electrons. The third-order valence-electron chi connectivity index (χ3n) is 2.51. The zero-order valence-corrected chi connectivity index (χ0v) is 10.0. The third kappa shape index (κ3) is 1.98. The maximum absolute atomic E-state index is 11.8. The lowest BCUT2D eigenvalue weighted by atomic mass is 10.4. The largest absolute Gasteiger partial charge is 0.461 e. The van der Waals surface area contributed by atoms with Crippen molar-refractivity contribution in [3.8, 4) is 0 Å². The van der Waals surface area contributed by atoms with Gasteiger partial charge in [-0.05, 0) is 13.8 Å². The summed E-state index contributed by atoms with van der Waals surface area (Å²) in [4.78, 5) is 11.8. The fraction of sp³-hybridized carbons (Fsp3) is 0.308. The molecule has 0 spiro atoms. The molecule has 0 unspecified atom stereocenters. The summed E-state index contributed by atoms with van der Waals surface area (Å²) in [6, 6.07) is 3.62. The van der Waals surface area contributed by atoms with Crippen molar-refractivity contribution >= 4 is 17.1 Å². The molecule has 0 bridgehead atoms. The Labute approximate surface area is 99.5 Å². The Bertz CT molecular complexity index is 562. The lowest BCUT2D eigenvalue weighted by molar-refractivity contribution is 0.0515. The van der Waals surface area contributed by atoms with Gasteiger partial charge in [-0.3, -0.25) is 0 Å². The number of ether oxygens (including phenoxy) is 1. The van der Waals surface area contributed by atoms with Gasteiger partial charge in [0.15, 0.2) is 5.58 Å². The van der Waals surface area contributed by atoms with Gasteiger partial charge in [-0.2, -0.15) is 0 Å². The highest BCUT2D eigenvalue weighted by Gasteiger charge is 2.18. The van der Waals surface area contributed by atoms with E-state index in [4.69, 9.17) is 9.15 Å². The highest BCUT2D eigenvalue weighted by atomic mass is 16.5. The fourth-order valence-electron chi connectivity index (χ4n) is 1.86. The third-order valence-corrected chi connectivity index (χ3v) is 2.51. The number of hydrogen-bond donors (Lipinski definition) is 0. The van der Waals surface area contributed by atoms with E-state index >= 15 is 0 Å². The van der Waals surface area contributed by atoms with E-state index in [0.29, 0.717) is 24.4 Å². The van der Waals surface area contributed by atoms with E-state index in [2.05, 4.69) is 6.58 Å². The first-order valence-corrected chi connectivity index (χ1v) is 5.55. The predicted molar refractivity (Wildman–Crippen MR) is 65.1 cm³/mol. The molecule has 0 saturated carbocycles. The number of rotatable bonds is 4. The minimum Gasteiger partial charge on any atom is -0.461 e. The van der Waals surface area contributed by atoms with Crippen molar-refractivity contribution in [1.82, 2.24) is 4.57 Å². The van der Waals surface area contributed by atoms with Gasteiger partial charge in [0.1, 0.15) is 11.5 Å². The average Bonchev–Trinajstić information content (AvgIpc) is 2.77. The van der Waals surface area contributed by atoms with Crippen LogP contribution in [0.5, 0.6) is 0 Å². The molecule has 0 fully saturated rings. The van der Waals surface area contributed by atoms with E-state index in [1.54, 1.807) is 19.1 Å². The zero-order chi connectivity index (χ0) is 12.4. The number of aromatic nitrogens is 1. The summed E-state index contributed by atoms with van der Waals surface area (Å²) in [5.41, 5.74) is 2.10. The van der Waals surface area contributed by atoms with Crippen LogP contribution in [0.2, 0.25) is 0 Å². The quantitative estimate of drug-likeness (QED) is 0.602. The fourth-order valence-corrected chi connectivity index (χ4v) is 1.86. The molecule has 4 heteroatoms. The molecule has 0 radical (unpaired) electrons. The highest BCUT2D eigenvalue weighted by molar-refractivity contribution is 5.94. The van der Waals surface area contributed by atoms with Crippen molar-refractivity contribution in [2.24, 2.45) is 0 Å². The molecule has 0 aromatic carbocycles. The molecule has 0 atom stereocenters. The molecule has 17 heavy (non-hydrogen) atoms. The lowest BCUT2D eigenvalue weighted by Crippen LogP contribution is -2.11. The summed E-state index contributed by atoms with van der Waals surface area (Å²) >= 11 is 0. The number of carbonyl (C=O) groups is 1. The Morgan fingerprint density at radius 3 is 3.00 bits per heavy atom. The Morgan fingerprint density at radius 1 is 1.59 bits per heavy atom. The number of aryl methyl sites for hydroxylation is 1. The zero-order valence-electron chi connectivity index (χ0n) is 10.0. The molecule has 2 rings (SSSR count). The lowest BCUT2D eigenvalue weighted by Gasteiger charge is -2.06. The summed E-state index contributed by atoms with van der Waals surface area (Å²) in [5, 5.41) is 0. The van der Waals surface area contributed by atoms with Gasteiger partial charge in [0.05, 0.1) is 12.1 Å². The SMILES string of the molecule is C=CCn1c(C(=O)OCC)cc2oc(C)cc21. The number of furan rings is 1. The van der Waals surface area contributed by atoms with Gasteiger partial charge in [-0.25, -0.2) is 4.79 Å². The van der Waals surface area contributed by atoms with Gasteiger partial charge in [0.2, 0.25) is 0 Å². The van der Waals surface area contributed by atoms with E-state index in [1.165, 1.54) is 0 Å². The van der Waals surface area contributed by atoms with Crippen molar-refractivity contribution in [3.63, 3.8) is 0 Å². The van der Waals surface area contributed by atoms with Gasteiger partial charge in [0.25, 0.3) is 0 Å². The smallest absolute Gasteiger partial charge is 0.355 e. The molecule has 0 aliphatic heterocycles. The Balaban J connectivity index is 2.53. The van der Waals surface area contributed by atoms with Crippen LogP contribution in [-0.2, 0) is 11.3 Å². The second-order valence-corrected chi connectivity index (χ2v) is 3.76. The van der Waals surface area contributed by atoms with Gasteiger partial charge in [0, 0.05) is 18.7 Å². The Morgan fingerprint density at radius 2 is 2.35 bits per heavy atom. The number of allylic oxidation sites excluding steroid dienone is 1. The summed E-state index contributed by atoms with van der Waals surface area (Å²) in [7, 11) is 0. The van der Waals surface area contributed by atoms with E-state index in [-0.39, 0.29) is 5.97 Å². The van der Waals surface area contributed by atoms with Crippen LogP contribution in [0.15, 0.2) is 29.2 Å². The minimum atomic E-state index is -0.335. The van der Waals surface area contributed by atoms with E-state index in [1.807, 2.05) is 17.6 Å². The van der Waals surface area contributed by atoms with Crippen molar-refractivity contribution in [2.75, 3.05) is 6.61 Å². The van der Waals surface area contributed by atoms with Gasteiger partial charge >= 0.3 is 5.97 Å².